The molecule has 2 nitrogen and oxygen atoms in total. The third-order valence-electron chi connectivity index (χ3n) is 6.69. The number of alkyl halides is 1. The van der Waals surface area contributed by atoms with Crippen molar-refractivity contribution >= 4 is 30.5 Å². The molecule has 0 fully saturated rings. The van der Waals surface area contributed by atoms with Gasteiger partial charge < -0.3 is 8.85 Å². The smallest absolute Gasteiger partial charge is 0.388 e. The summed E-state index contributed by atoms with van der Waals surface area (Å²) in [6.07, 6.45) is 19.0. The zero-order valence-electron chi connectivity index (χ0n) is 22.2. The molecule has 2 aromatic rings. The fraction of sp³-hybridized carbons (Fsp3) is 0.613. The molecule has 0 saturated heterocycles. The molecule has 0 aromatic heterocycles. The number of halogens is 1. The van der Waals surface area contributed by atoms with E-state index in [4.69, 9.17) is 20.5 Å². The van der Waals surface area contributed by atoms with Crippen molar-refractivity contribution in [2.45, 2.75) is 103 Å². The predicted molar refractivity (Wildman–Crippen MR) is 155 cm³/mol. The monoisotopic (exact) mass is 516 g/mol. The van der Waals surface area contributed by atoms with Gasteiger partial charge >= 0.3 is 8.56 Å². The normalized spacial score (nSPS) is 11.7. The third kappa shape index (κ3) is 12.1. The van der Waals surface area contributed by atoms with Gasteiger partial charge in [0.1, 0.15) is 0 Å². The molecule has 0 N–H and O–H groups in total. The van der Waals surface area contributed by atoms with E-state index in [-0.39, 0.29) is 0 Å². The van der Waals surface area contributed by atoms with Crippen LogP contribution in [0.25, 0.3) is 0 Å². The lowest BCUT2D eigenvalue weighted by atomic mass is 10.1. The predicted octanol–water partition coefficient (Wildman–Crippen LogP) is 8.39. The van der Waals surface area contributed by atoms with Crippen LogP contribution in [-0.4, -0.2) is 27.7 Å². The van der Waals surface area contributed by atoms with Crippen LogP contribution in [0.3, 0.4) is 0 Å². The SMILES string of the molecule is CCCCCCCCCCCO[Si](OCCCCCCCCCl)(c1ccccc1)c1ccccc1. The molecule has 2 rings (SSSR count). The van der Waals surface area contributed by atoms with Gasteiger partial charge in [-0.25, -0.2) is 0 Å². The molecule has 0 aliphatic rings. The fourth-order valence-corrected chi connectivity index (χ4v) is 8.00. The molecule has 196 valence electrons. The zero-order valence-corrected chi connectivity index (χ0v) is 24.0. The lowest BCUT2D eigenvalue weighted by Gasteiger charge is -2.31. The van der Waals surface area contributed by atoms with Gasteiger partial charge in [0.25, 0.3) is 0 Å². The second-order valence-electron chi connectivity index (χ2n) is 9.68. The van der Waals surface area contributed by atoms with Crippen molar-refractivity contribution in [2.24, 2.45) is 0 Å². The number of hydrogen-bond donors (Lipinski definition) is 0. The van der Waals surface area contributed by atoms with Crippen LogP contribution in [0.1, 0.15) is 103 Å². The van der Waals surface area contributed by atoms with Crippen LogP contribution in [-0.2, 0) is 8.85 Å². The molecule has 0 spiro atoms. The number of hydrogen-bond acceptors (Lipinski definition) is 2. The molecule has 2 aromatic carbocycles. The van der Waals surface area contributed by atoms with E-state index in [1.165, 1.54) is 87.4 Å². The van der Waals surface area contributed by atoms with Crippen molar-refractivity contribution < 1.29 is 8.85 Å². The van der Waals surface area contributed by atoms with E-state index in [1.54, 1.807) is 0 Å². The van der Waals surface area contributed by atoms with E-state index in [9.17, 15) is 0 Å². The van der Waals surface area contributed by atoms with Crippen LogP contribution in [0.5, 0.6) is 0 Å². The minimum absolute atomic E-state index is 0.753. The standard InChI is InChI=1S/C31H49ClO2Si/c1-2-3-4-5-6-7-9-12-21-28-33-35(30-23-16-14-17-24-30,31-25-18-15-19-26-31)34-29-22-13-10-8-11-20-27-32/h14-19,23-26H,2-13,20-22,27-29H2,1H3. The Morgan fingerprint density at radius 1 is 0.514 bits per heavy atom. The topological polar surface area (TPSA) is 18.5 Å². The van der Waals surface area contributed by atoms with Crippen molar-refractivity contribution in [1.82, 2.24) is 0 Å². The molecule has 0 heterocycles. The molecule has 4 heteroatoms. The van der Waals surface area contributed by atoms with E-state index in [0.717, 1.165) is 38.4 Å². The molecule has 0 atom stereocenters. The van der Waals surface area contributed by atoms with Crippen molar-refractivity contribution in [1.29, 1.82) is 0 Å². The second kappa shape index (κ2) is 20.0. The van der Waals surface area contributed by atoms with E-state index < -0.39 is 8.56 Å². The highest BCUT2D eigenvalue weighted by molar-refractivity contribution is 6.92. The Bertz CT molecular complexity index is 686. The summed E-state index contributed by atoms with van der Waals surface area (Å²) >= 11 is 5.80. The Kier molecular flexibility index (Phi) is 17.2. The Labute approximate surface area is 222 Å². The molecule has 0 bridgehead atoms. The summed E-state index contributed by atoms with van der Waals surface area (Å²) in [5.74, 6) is 0.779. The minimum atomic E-state index is -2.74. The van der Waals surface area contributed by atoms with Gasteiger partial charge in [-0.2, -0.15) is 0 Å². The molecule has 0 radical (unpaired) electrons. The fourth-order valence-electron chi connectivity index (χ4n) is 4.60. The molecular weight excluding hydrogens is 468 g/mol. The first kappa shape index (κ1) is 30.1. The summed E-state index contributed by atoms with van der Waals surface area (Å²) in [5, 5.41) is 2.42. The van der Waals surface area contributed by atoms with Gasteiger partial charge in [0.2, 0.25) is 0 Å². The zero-order chi connectivity index (χ0) is 24.9. The van der Waals surface area contributed by atoms with Gasteiger partial charge in [0.15, 0.2) is 0 Å². The second-order valence-corrected chi connectivity index (χ2v) is 13.0. The quantitative estimate of drug-likeness (QED) is 0.0888. The van der Waals surface area contributed by atoms with Crippen molar-refractivity contribution in [3.8, 4) is 0 Å². The van der Waals surface area contributed by atoms with Gasteiger partial charge in [0, 0.05) is 19.1 Å². The molecular formula is C31H49ClO2Si. The Hall–Kier alpha value is -1.13. The van der Waals surface area contributed by atoms with E-state index in [2.05, 4.69) is 67.6 Å². The Balaban J connectivity index is 1.92. The maximum atomic E-state index is 6.82. The average Bonchev–Trinajstić information content (AvgIpc) is 2.91. The van der Waals surface area contributed by atoms with Crippen LogP contribution in [0.2, 0.25) is 0 Å². The molecule has 0 aliphatic carbocycles. The Morgan fingerprint density at radius 2 is 0.886 bits per heavy atom. The van der Waals surface area contributed by atoms with Crippen molar-refractivity contribution in [3.63, 3.8) is 0 Å². The summed E-state index contributed by atoms with van der Waals surface area (Å²) in [6, 6.07) is 21.4. The van der Waals surface area contributed by atoms with E-state index >= 15 is 0 Å². The molecule has 0 aliphatic heterocycles. The average molecular weight is 517 g/mol. The maximum absolute atomic E-state index is 6.82. The number of benzene rings is 2. The summed E-state index contributed by atoms with van der Waals surface area (Å²) in [6.45, 7) is 3.80. The van der Waals surface area contributed by atoms with Gasteiger partial charge in [-0.15, -0.1) is 11.6 Å². The highest BCUT2D eigenvalue weighted by Gasteiger charge is 2.42. The van der Waals surface area contributed by atoms with Crippen molar-refractivity contribution in [2.75, 3.05) is 19.1 Å². The van der Waals surface area contributed by atoms with Gasteiger partial charge in [-0.1, -0.05) is 145 Å². The first-order chi connectivity index (χ1) is 17.3. The largest absolute Gasteiger partial charge is 0.407 e. The highest BCUT2D eigenvalue weighted by atomic mass is 35.5. The number of rotatable bonds is 22. The summed E-state index contributed by atoms with van der Waals surface area (Å²) in [7, 11) is -2.74. The van der Waals surface area contributed by atoms with E-state index in [1.807, 2.05) is 0 Å². The first-order valence-corrected chi connectivity index (χ1v) is 16.6. The van der Waals surface area contributed by atoms with E-state index in [0.29, 0.717) is 0 Å². The molecule has 0 amide bonds. The lowest BCUT2D eigenvalue weighted by molar-refractivity contribution is 0.184. The Morgan fingerprint density at radius 3 is 1.29 bits per heavy atom. The van der Waals surface area contributed by atoms with Crippen LogP contribution in [0.15, 0.2) is 60.7 Å². The number of unbranched alkanes of at least 4 members (excludes halogenated alkanes) is 13. The summed E-state index contributed by atoms with van der Waals surface area (Å²) in [5.41, 5.74) is 0. The third-order valence-corrected chi connectivity index (χ3v) is 10.4. The lowest BCUT2D eigenvalue weighted by Crippen LogP contribution is -2.63. The summed E-state index contributed by atoms with van der Waals surface area (Å²) in [4.78, 5) is 0. The van der Waals surface area contributed by atoms with Crippen LogP contribution < -0.4 is 10.4 Å². The van der Waals surface area contributed by atoms with Crippen molar-refractivity contribution in [3.05, 3.63) is 60.7 Å². The molecule has 0 unspecified atom stereocenters. The molecule has 0 saturated carbocycles. The summed E-state index contributed by atoms with van der Waals surface area (Å²) < 4.78 is 13.6. The highest BCUT2D eigenvalue weighted by Crippen LogP contribution is 2.15. The van der Waals surface area contributed by atoms with Crippen LogP contribution in [0.4, 0.5) is 0 Å². The van der Waals surface area contributed by atoms with Gasteiger partial charge in [-0.3, -0.25) is 0 Å². The maximum Gasteiger partial charge on any atom is 0.407 e. The van der Waals surface area contributed by atoms with Crippen LogP contribution >= 0.6 is 11.6 Å². The first-order valence-electron chi connectivity index (χ1n) is 14.3. The van der Waals surface area contributed by atoms with Gasteiger partial charge in [0.05, 0.1) is 0 Å². The minimum Gasteiger partial charge on any atom is -0.388 e. The van der Waals surface area contributed by atoms with Gasteiger partial charge in [-0.05, 0) is 29.6 Å². The molecule has 35 heavy (non-hydrogen) atoms. The van der Waals surface area contributed by atoms with Crippen LogP contribution in [0, 0.1) is 0 Å².